The van der Waals surface area contributed by atoms with Gasteiger partial charge in [-0.15, -0.1) is 0 Å². The fourth-order valence-corrected chi connectivity index (χ4v) is 1.14. The minimum Gasteiger partial charge on any atom is -0.276 e. The number of hydrogen-bond donors (Lipinski definition) is 0. The number of carbonyl (C=O) groups excluding carboxylic acids is 1. The van der Waals surface area contributed by atoms with Gasteiger partial charge in [0.2, 0.25) is 0 Å². The van der Waals surface area contributed by atoms with Crippen LogP contribution in [0.1, 0.15) is 10.4 Å². The van der Waals surface area contributed by atoms with Crippen LogP contribution < -0.4 is 0 Å². The molecule has 0 fully saturated rings. The predicted octanol–water partition coefficient (Wildman–Crippen LogP) is 2.92. The number of azide groups is 1. The molecule has 0 spiro atoms. The second-order valence-electron chi connectivity index (χ2n) is 2.39. The first-order valence-corrected chi connectivity index (χ1v) is 3.98. The molecule has 15 heavy (non-hydrogen) atoms. The van der Waals surface area contributed by atoms with E-state index in [4.69, 9.17) is 17.1 Å². The summed E-state index contributed by atoms with van der Waals surface area (Å²) < 4.78 is 0. The topological polar surface area (TPSA) is 109 Å². The van der Waals surface area contributed by atoms with E-state index in [1.807, 2.05) is 0 Å². The Labute approximate surface area is 88.0 Å². The predicted molar refractivity (Wildman–Crippen MR) is 52.1 cm³/mol. The van der Waals surface area contributed by atoms with Gasteiger partial charge < -0.3 is 0 Å². The van der Waals surface area contributed by atoms with E-state index in [1.54, 1.807) is 0 Å². The number of nitro groups is 1. The third-order valence-electron chi connectivity index (χ3n) is 1.57. The molecule has 0 bridgehead atoms. The number of carbonyl (C=O) groups is 1. The molecule has 76 valence electrons. The van der Waals surface area contributed by atoms with Crippen LogP contribution in [-0.2, 0) is 0 Å². The standard InChI is InChI=1S/C7H3ClN4O3/c8-7(13)4-2-1-3-5(12(14)15)6(4)10-11-9/h1-3H. The summed E-state index contributed by atoms with van der Waals surface area (Å²) in [7, 11) is 0. The van der Waals surface area contributed by atoms with Crippen molar-refractivity contribution in [2.24, 2.45) is 5.11 Å². The summed E-state index contributed by atoms with van der Waals surface area (Å²) in [5, 5.41) is 12.7. The third kappa shape index (κ3) is 2.22. The van der Waals surface area contributed by atoms with Gasteiger partial charge in [-0.2, -0.15) is 0 Å². The largest absolute Gasteiger partial charge is 0.279 e. The van der Waals surface area contributed by atoms with Gasteiger partial charge in [-0.3, -0.25) is 14.9 Å². The highest BCUT2D eigenvalue weighted by molar-refractivity contribution is 6.68. The maximum atomic E-state index is 10.9. The summed E-state index contributed by atoms with van der Waals surface area (Å²) in [4.78, 5) is 23.1. The summed E-state index contributed by atoms with van der Waals surface area (Å²) in [6, 6.07) is 3.64. The van der Waals surface area contributed by atoms with Crippen LogP contribution in [0.2, 0.25) is 0 Å². The van der Waals surface area contributed by atoms with E-state index in [0.717, 1.165) is 6.07 Å². The van der Waals surface area contributed by atoms with Crippen LogP contribution >= 0.6 is 11.6 Å². The Bertz CT molecular complexity index is 449. The van der Waals surface area contributed by atoms with Crippen LogP contribution in [0.4, 0.5) is 11.4 Å². The van der Waals surface area contributed by atoms with Crippen LogP contribution in [0.5, 0.6) is 0 Å². The van der Waals surface area contributed by atoms with Crippen LogP contribution in [-0.4, -0.2) is 10.2 Å². The van der Waals surface area contributed by atoms with Crippen molar-refractivity contribution in [3.63, 3.8) is 0 Å². The smallest absolute Gasteiger partial charge is 0.276 e. The van der Waals surface area contributed by atoms with Gasteiger partial charge >= 0.3 is 0 Å². The molecule has 0 radical (unpaired) electrons. The van der Waals surface area contributed by atoms with Gasteiger partial charge in [-0.1, -0.05) is 11.2 Å². The van der Waals surface area contributed by atoms with Gasteiger partial charge in [0, 0.05) is 11.0 Å². The van der Waals surface area contributed by atoms with Gasteiger partial charge in [-0.05, 0) is 23.2 Å². The molecule has 0 aliphatic rings. The highest BCUT2D eigenvalue weighted by Gasteiger charge is 2.19. The molecule has 0 aromatic heterocycles. The van der Waals surface area contributed by atoms with Crippen molar-refractivity contribution in [3.8, 4) is 0 Å². The molecule has 0 heterocycles. The van der Waals surface area contributed by atoms with E-state index in [9.17, 15) is 14.9 Å². The van der Waals surface area contributed by atoms with Crippen molar-refractivity contribution in [2.75, 3.05) is 0 Å². The van der Waals surface area contributed by atoms with Crippen LogP contribution in [0, 0.1) is 10.1 Å². The van der Waals surface area contributed by atoms with Crippen molar-refractivity contribution in [1.82, 2.24) is 0 Å². The van der Waals surface area contributed by atoms with Crippen LogP contribution in [0.15, 0.2) is 23.3 Å². The van der Waals surface area contributed by atoms with E-state index in [0.29, 0.717) is 0 Å². The summed E-state index contributed by atoms with van der Waals surface area (Å²) >= 11 is 5.18. The molecule has 8 heteroatoms. The molecule has 1 aromatic rings. The van der Waals surface area contributed by atoms with E-state index in [2.05, 4.69) is 10.0 Å². The van der Waals surface area contributed by atoms with Gasteiger partial charge in [-0.25, -0.2) is 0 Å². The third-order valence-corrected chi connectivity index (χ3v) is 1.77. The maximum absolute atomic E-state index is 10.9. The number of halogens is 1. The first-order chi connectivity index (χ1) is 7.07. The lowest BCUT2D eigenvalue weighted by molar-refractivity contribution is -0.384. The molecule has 0 unspecified atom stereocenters. The molecule has 0 amide bonds. The number of nitrogens with zero attached hydrogens (tertiary/aromatic N) is 4. The lowest BCUT2D eigenvalue weighted by Gasteiger charge is -1.99. The zero-order valence-corrected chi connectivity index (χ0v) is 7.88. The molecule has 0 saturated heterocycles. The van der Waals surface area contributed by atoms with Crippen molar-refractivity contribution in [1.29, 1.82) is 0 Å². The first kappa shape index (κ1) is 11.0. The fourth-order valence-electron chi connectivity index (χ4n) is 0.987. The Hall–Kier alpha value is -2.11. The maximum Gasteiger partial charge on any atom is 0.279 e. The van der Waals surface area contributed by atoms with Crippen molar-refractivity contribution in [3.05, 3.63) is 44.3 Å². The van der Waals surface area contributed by atoms with Gasteiger partial charge in [0.05, 0.1) is 10.5 Å². The van der Waals surface area contributed by atoms with E-state index >= 15 is 0 Å². The molecule has 0 aliphatic heterocycles. The molecule has 0 N–H and O–H groups in total. The highest BCUT2D eigenvalue weighted by atomic mass is 35.5. The van der Waals surface area contributed by atoms with Crippen molar-refractivity contribution in [2.45, 2.75) is 0 Å². The monoisotopic (exact) mass is 226 g/mol. The van der Waals surface area contributed by atoms with E-state index in [1.165, 1.54) is 12.1 Å². The number of nitro benzene ring substituents is 1. The Morgan fingerprint density at radius 1 is 1.60 bits per heavy atom. The normalized spacial score (nSPS) is 9.13. The highest BCUT2D eigenvalue weighted by Crippen LogP contribution is 2.32. The summed E-state index contributed by atoms with van der Waals surface area (Å²) in [6.07, 6.45) is 0. The Kier molecular flexibility index (Phi) is 3.22. The first-order valence-electron chi connectivity index (χ1n) is 3.60. The average molecular weight is 227 g/mol. The molecule has 7 nitrogen and oxygen atoms in total. The van der Waals surface area contributed by atoms with Gasteiger partial charge in [0.25, 0.3) is 10.9 Å². The molecule has 0 aliphatic carbocycles. The van der Waals surface area contributed by atoms with Gasteiger partial charge in [0.1, 0.15) is 5.69 Å². The fraction of sp³-hybridized carbons (Fsp3) is 0. The Morgan fingerprint density at radius 2 is 2.27 bits per heavy atom. The lowest BCUT2D eigenvalue weighted by atomic mass is 10.1. The number of benzene rings is 1. The SMILES string of the molecule is [N-]=[N+]=Nc1c(C(=O)Cl)cccc1[N+](=O)[O-]. The summed E-state index contributed by atoms with van der Waals surface area (Å²) in [5.74, 6) is 0. The molecule has 0 atom stereocenters. The lowest BCUT2D eigenvalue weighted by Crippen LogP contribution is -1.94. The zero-order valence-electron chi connectivity index (χ0n) is 7.12. The second kappa shape index (κ2) is 4.41. The second-order valence-corrected chi connectivity index (χ2v) is 2.74. The number of rotatable bonds is 3. The average Bonchev–Trinajstić information content (AvgIpc) is 2.17. The summed E-state index contributed by atoms with van der Waals surface area (Å²) in [6.45, 7) is 0. The van der Waals surface area contributed by atoms with E-state index in [-0.39, 0.29) is 11.3 Å². The Balaban J connectivity index is 3.55. The Morgan fingerprint density at radius 3 is 2.73 bits per heavy atom. The molecule has 0 saturated carbocycles. The van der Waals surface area contributed by atoms with Crippen LogP contribution in [0.3, 0.4) is 0 Å². The molecule has 1 rings (SSSR count). The minimum absolute atomic E-state index is 0.191. The summed E-state index contributed by atoms with van der Waals surface area (Å²) in [5.41, 5.74) is 7.19. The quantitative estimate of drug-likeness (QED) is 0.197. The van der Waals surface area contributed by atoms with Gasteiger partial charge in [0.15, 0.2) is 0 Å². The van der Waals surface area contributed by atoms with E-state index < -0.39 is 15.9 Å². The minimum atomic E-state index is -0.916. The number of hydrogen-bond acceptors (Lipinski definition) is 4. The van der Waals surface area contributed by atoms with Crippen LogP contribution in [0.25, 0.3) is 10.4 Å². The molecule has 1 aromatic carbocycles. The molecular weight excluding hydrogens is 224 g/mol. The van der Waals surface area contributed by atoms with Crippen molar-refractivity contribution < 1.29 is 9.72 Å². The molecular formula is C7H3ClN4O3. The van der Waals surface area contributed by atoms with Crippen molar-refractivity contribution >= 4 is 28.2 Å². The zero-order chi connectivity index (χ0) is 11.4.